The number of aliphatic hydroxyl groups excluding tert-OH is 7. The SMILES string of the molecule is CCCCCCCCCCCCCCCCCCSCCO[C@@H]1O[C@H](CO)[C@@H](O[C@H]2O[C@H](CO)[C@@H](O)[C@H](O)[C@H]2O)[C@H](O)[C@H]1O. The summed E-state index contributed by atoms with van der Waals surface area (Å²) in [4.78, 5) is 0. The van der Waals surface area contributed by atoms with E-state index < -0.39 is 74.6 Å². The highest BCUT2D eigenvalue weighted by molar-refractivity contribution is 7.99. The molecular weight excluding hydrogens is 592 g/mol. The summed E-state index contributed by atoms with van der Waals surface area (Å²) in [5.41, 5.74) is 0. The number of hydrogen-bond donors (Lipinski definition) is 7. The summed E-state index contributed by atoms with van der Waals surface area (Å²) in [6.45, 7) is 1.32. The zero-order valence-corrected chi connectivity index (χ0v) is 27.6. The number of thioether (sulfide) groups is 1. The van der Waals surface area contributed by atoms with Crippen LogP contribution in [0, 0.1) is 0 Å². The fourth-order valence-electron chi connectivity index (χ4n) is 5.77. The number of unbranched alkanes of at least 4 members (excludes halogenated alkanes) is 15. The van der Waals surface area contributed by atoms with E-state index >= 15 is 0 Å². The minimum atomic E-state index is -1.70. The topological polar surface area (TPSA) is 179 Å². The van der Waals surface area contributed by atoms with Crippen molar-refractivity contribution in [3.05, 3.63) is 0 Å². The first kappa shape index (κ1) is 40.1. The van der Waals surface area contributed by atoms with Crippen molar-refractivity contribution in [1.29, 1.82) is 0 Å². The van der Waals surface area contributed by atoms with Crippen LogP contribution in [0.15, 0.2) is 0 Å². The molecule has 2 fully saturated rings. The van der Waals surface area contributed by atoms with Crippen molar-refractivity contribution in [2.24, 2.45) is 0 Å². The summed E-state index contributed by atoms with van der Waals surface area (Å²) in [6.07, 6.45) is 7.12. The summed E-state index contributed by atoms with van der Waals surface area (Å²) < 4.78 is 22.2. The van der Waals surface area contributed by atoms with Crippen LogP contribution in [-0.2, 0) is 18.9 Å². The standard InChI is InChI=1S/C32H62O11S/c1-2-3-4-5-6-7-8-9-10-11-12-13-14-15-16-17-19-44-20-18-40-31-29(39)27(37)30(24(22-34)42-31)43-32-28(38)26(36)25(35)23(21-33)41-32/h23-39H,2-22H2,1H3/t23-,24-,25-,26+,27-,28-,29-,30-,31-,32-/m1/s1. The molecule has 262 valence electrons. The third-order valence-electron chi connectivity index (χ3n) is 8.61. The van der Waals surface area contributed by atoms with Crippen LogP contribution in [0.3, 0.4) is 0 Å². The lowest BCUT2D eigenvalue weighted by Crippen LogP contribution is -2.64. The summed E-state index contributed by atoms with van der Waals surface area (Å²) in [5.74, 6) is 1.71. The second kappa shape index (κ2) is 24.1. The van der Waals surface area contributed by atoms with Crippen molar-refractivity contribution in [2.75, 3.05) is 31.3 Å². The molecule has 0 aromatic carbocycles. The van der Waals surface area contributed by atoms with Crippen LogP contribution in [0.4, 0.5) is 0 Å². The summed E-state index contributed by atoms with van der Waals surface area (Å²) in [7, 11) is 0. The molecule has 11 nitrogen and oxygen atoms in total. The maximum absolute atomic E-state index is 10.7. The van der Waals surface area contributed by atoms with Gasteiger partial charge in [-0.05, 0) is 12.2 Å². The Kier molecular flexibility index (Phi) is 22.0. The Balaban J connectivity index is 1.49. The van der Waals surface area contributed by atoms with Gasteiger partial charge in [0, 0.05) is 5.75 Å². The summed E-state index contributed by atoms with van der Waals surface area (Å²) >= 11 is 1.76. The van der Waals surface area contributed by atoms with Crippen LogP contribution in [0.25, 0.3) is 0 Å². The molecule has 0 spiro atoms. The van der Waals surface area contributed by atoms with E-state index in [2.05, 4.69) is 6.92 Å². The second-order valence-electron chi connectivity index (χ2n) is 12.3. The molecule has 0 radical (unpaired) electrons. The predicted molar refractivity (Wildman–Crippen MR) is 169 cm³/mol. The minimum Gasteiger partial charge on any atom is -0.394 e. The molecule has 2 aliphatic rings. The number of rotatable bonds is 25. The molecule has 12 heteroatoms. The molecule has 2 saturated heterocycles. The number of hydrogen-bond acceptors (Lipinski definition) is 12. The van der Waals surface area contributed by atoms with Gasteiger partial charge in [-0.1, -0.05) is 103 Å². The van der Waals surface area contributed by atoms with Crippen LogP contribution in [0.1, 0.15) is 110 Å². The van der Waals surface area contributed by atoms with Gasteiger partial charge in [-0.2, -0.15) is 11.8 Å². The molecule has 0 saturated carbocycles. The van der Waals surface area contributed by atoms with Gasteiger partial charge in [0.25, 0.3) is 0 Å². The smallest absolute Gasteiger partial charge is 0.187 e. The van der Waals surface area contributed by atoms with E-state index in [1.54, 1.807) is 11.8 Å². The van der Waals surface area contributed by atoms with Crippen LogP contribution in [-0.4, -0.2) is 128 Å². The average Bonchev–Trinajstić information content (AvgIpc) is 3.03. The predicted octanol–water partition coefficient (Wildman–Crippen LogP) is 2.62. The average molecular weight is 655 g/mol. The van der Waals surface area contributed by atoms with Crippen molar-refractivity contribution in [3.63, 3.8) is 0 Å². The molecule has 10 atom stereocenters. The Morgan fingerprint density at radius 3 is 1.52 bits per heavy atom. The van der Waals surface area contributed by atoms with E-state index in [1.807, 2.05) is 0 Å². The van der Waals surface area contributed by atoms with Crippen LogP contribution >= 0.6 is 11.8 Å². The molecule has 0 amide bonds. The first-order chi connectivity index (χ1) is 21.3. The first-order valence-electron chi connectivity index (χ1n) is 17.1. The quantitative estimate of drug-likeness (QED) is 0.0717. The highest BCUT2D eigenvalue weighted by Crippen LogP contribution is 2.29. The summed E-state index contributed by atoms with van der Waals surface area (Å²) in [5, 5.41) is 70.6. The van der Waals surface area contributed by atoms with Crippen molar-refractivity contribution < 1.29 is 54.7 Å². The third kappa shape index (κ3) is 14.4. The Morgan fingerprint density at radius 2 is 1.00 bits per heavy atom. The molecule has 0 unspecified atom stereocenters. The van der Waals surface area contributed by atoms with E-state index in [0.717, 1.165) is 12.2 Å². The summed E-state index contributed by atoms with van der Waals surface area (Å²) in [6, 6.07) is 0. The van der Waals surface area contributed by atoms with Gasteiger partial charge in [-0.25, -0.2) is 0 Å². The van der Waals surface area contributed by atoms with Gasteiger partial charge < -0.3 is 54.7 Å². The van der Waals surface area contributed by atoms with Gasteiger partial charge in [0.15, 0.2) is 12.6 Å². The Labute approximate surface area is 268 Å². The zero-order valence-electron chi connectivity index (χ0n) is 26.8. The number of ether oxygens (including phenoxy) is 4. The fourth-order valence-corrected chi connectivity index (χ4v) is 6.60. The van der Waals surface area contributed by atoms with Gasteiger partial charge in [-0.3, -0.25) is 0 Å². The third-order valence-corrected chi connectivity index (χ3v) is 9.65. The highest BCUT2D eigenvalue weighted by Gasteiger charge is 2.50. The molecule has 44 heavy (non-hydrogen) atoms. The maximum Gasteiger partial charge on any atom is 0.187 e. The van der Waals surface area contributed by atoms with Crippen LogP contribution in [0.5, 0.6) is 0 Å². The van der Waals surface area contributed by atoms with Crippen LogP contribution < -0.4 is 0 Å². The van der Waals surface area contributed by atoms with Gasteiger partial charge >= 0.3 is 0 Å². The van der Waals surface area contributed by atoms with Gasteiger partial charge in [-0.15, -0.1) is 0 Å². The van der Waals surface area contributed by atoms with E-state index in [1.165, 1.54) is 96.3 Å². The fraction of sp³-hybridized carbons (Fsp3) is 1.00. The van der Waals surface area contributed by atoms with Gasteiger partial charge in [0.2, 0.25) is 0 Å². The lowest BCUT2D eigenvalue weighted by Gasteiger charge is -2.45. The first-order valence-corrected chi connectivity index (χ1v) is 18.3. The monoisotopic (exact) mass is 654 g/mol. The molecular formula is C32H62O11S. The van der Waals surface area contributed by atoms with Crippen molar-refractivity contribution >= 4 is 11.8 Å². The lowest BCUT2D eigenvalue weighted by molar-refractivity contribution is -0.359. The normalized spacial score (nSPS) is 32.7. The molecule has 7 N–H and O–H groups in total. The largest absolute Gasteiger partial charge is 0.394 e. The van der Waals surface area contributed by atoms with E-state index in [0.29, 0.717) is 5.75 Å². The molecule has 2 rings (SSSR count). The van der Waals surface area contributed by atoms with Gasteiger partial charge in [0.1, 0.15) is 48.8 Å². The lowest BCUT2D eigenvalue weighted by atomic mass is 9.97. The van der Waals surface area contributed by atoms with Gasteiger partial charge in [0.05, 0.1) is 19.8 Å². The molecule has 2 heterocycles. The Morgan fingerprint density at radius 1 is 0.523 bits per heavy atom. The molecule has 0 aromatic heterocycles. The minimum absolute atomic E-state index is 0.286. The van der Waals surface area contributed by atoms with E-state index in [4.69, 9.17) is 18.9 Å². The zero-order chi connectivity index (χ0) is 32.2. The van der Waals surface area contributed by atoms with Crippen molar-refractivity contribution in [1.82, 2.24) is 0 Å². The molecule has 0 aliphatic carbocycles. The van der Waals surface area contributed by atoms with E-state index in [9.17, 15) is 35.7 Å². The molecule has 0 aromatic rings. The van der Waals surface area contributed by atoms with Crippen molar-refractivity contribution in [2.45, 2.75) is 171 Å². The second-order valence-corrected chi connectivity index (χ2v) is 13.5. The van der Waals surface area contributed by atoms with E-state index in [-0.39, 0.29) is 6.61 Å². The number of aliphatic hydroxyl groups is 7. The Bertz CT molecular complexity index is 689. The Hall–Kier alpha value is -0.0900. The molecule has 2 aliphatic heterocycles. The molecule has 0 bridgehead atoms. The van der Waals surface area contributed by atoms with Crippen molar-refractivity contribution in [3.8, 4) is 0 Å². The maximum atomic E-state index is 10.7. The highest BCUT2D eigenvalue weighted by atomic mass is 32.2. The van der Waals surface area contributed by atoms with Crippen LogP contribution in [0.2, 0.25) is 0 Å².